The molecule has 0 aliphatic heterocycles. The quantitative estimate of drug-likeness (QED) is 0.618. The van der Waals surface area contributed by atoms with Crippen molar-refractivity contribution in [2.45, 2.75) is 26.2 Å². The minimum atomic E-state index is -2.26. The van der Waals surface area contributed by atoms with Gasteiger partial charge in [-0.3, -0.25) is 0 Å². The summed E-state index contributed by atoms with van der Waals surface area (Å²) >= 11 is 0. The van der Waals surface area contributed by atoms with Crippen molar-refractivity contribution in [2.75, 3.05) is 19.6 Å². The summed E-state index contributed by atoms with van der Waals surface area (Å²) in [6.45, 7) is 3.02. The van der Waals surface area contributed by atoms with Crippen LogP contribution < -0.4 is 11.1 Å². The van der Waals surface area contributed by atoms with E-state index in [0.717, 1.165) is 12.8 Å². The van der Waals surface area contributed by atoms with Gasteiger partial charge in [-0.25, -0.2) is 8.78 Å². The van der Waals surface area contributed by atoms with E-state index in [1.807, 2.05) is 0 Å². The summed E-state index contributed by atoms with van der Waals surface area (Å²) in [6.07, 6.45) is -0.199. The molecule has 0 saturated heterocycles. The van der Waals surface area contributed by atoms with Crippen molar-refractivity contribution in [1.29, 1.82) is 0 Å². The van der Waals surface area contributed by atoms with Gasteiger partial charge in [0.1, 0.15) is 0 Å². The first kappa shape index (κ1) is 11.8. The average Bonchev–Trinajstić information content (AvgIpc) is 2.02. The zero-order valence-electron chi connectivity index (χ0n) is 7.52. The SMILES string of the molecule is CCCC(CN)CNCC(F)F. The summed E-state index contributed by atoms with van der Waals surface area (Å²) in [5, 5.41) is 2.69. The van der Waals surface area contributed by atoms with Crippen molar-refractivity contribution in [3.63, 3.8) is 0 Å². The predicted octanol–water partition coefficient (Wildman–Crippen LogP) is 1.22. The van der Waals surface area contributed by atoms with Crippen LogP contribution in [0.5, 0.6) is 0 Å². The first-order chi connectivity index (χ1) is 5.70. The van der Waals surface area contributed by atoms with Crippen LogP contribution in [0.1, 0.15) is 19.8 Å². The summed E-state index contributed by atoms with van der Waals surface area (Å²) in [5.74, 6) is 0.341. The molecule has 4 heteroatoms. The van der Waals surface area contributed by atoms with Gasteiger partial charge < -0.3 is 11.1 Å². The lowest BCUT2D eigenvalue weighted by atomic mass is 10.0. The zero-order valence-corrected chi connectivity index (χ0v) is 7.52. The van der Waals surface area contributed by atoms with Crippen LogP contribution in [0.15, 0.2) is 0 Å². The molecule has 2 nitrogen and oxygen atoms in total. The Morgan fingerprint density at radius 2 is 2.00 bits per heavy atom. The topological polar surface area (TPSA) is 38.0 Å². The fraction of sp³-hybridized carbons (Fsp3) is 1.00. The molecule has 0 aromatic carbocycles. The Morgan fingerprint density at radius 1 is 1.33 bits per heavy atom. The number of nitrogens with one attached hydrogen (secondary N) is 1. The molecule has 1 atom stereocenters. The lowest BCUT2D eigenvalue weighted by Gasteiger charge is -2.13. The molecule has 1 unspecified atom stereocenters. The van der Waals surface area contributed by atoms with Gasteiger partial charge in [0, 0.05) is 0 Å². The first-order valence-corrected chi connectivity index (χ1v) is 4.39. The molecule has 74 valence electrons. The average molecular weight is 180 g/mol. The van der Waals surface area contributed by atoms with Crippen LogP contribution in [0, 0.1) is 5.92 Å². The highest BCUT2D eigenvalue weighted by molar-refractivity contribution is 4.62. The third-order valence-electron chi connectivity index (χ3n) is 1.76. The van der Waals surface area contributed by atoms with Gasteiger partial charge in [-0.15, -0.1) is 0 Å². The van der Waals surface area contributed by atoms with Gasteiger partial charge in [-0.1, -0.05) is 13.3 Å². The molecule has 0 radical (unpaired) electrons. The Balaban J connectivity index is 3.31. The van der Waals surface area contributed by atoms with E-state index in [1.54, 1.807) is 0 Å². The largest absolute Gasteiger partial charge is 0.330 e. The molecule has 3 N–H and O–H groups in total. The van der Waals surface area contributed by atoms with E-state index in [1.165, 1.54) is 0 Å². The fourth-order valence-electron chi connectivity index (χ4n) is 1.11. The Labute approximate surface area is 72.5 Å². The summed E-state index contributed by atoms with van der Waals surface area (Å²) in [7, 11) is 0. The maximum absolute atomic E-state index is 11.7. The van der Waals surface area contributed by atoms with Gasteiger partial charge in [0.25, 0.3) is 6.43 Å². The Kier molecular flexibility index (Phi) is 7.29. The summed E-state index contributed by atoms with van der Waals surface area (Å²) in [4.78, 5) is 0. The summed E-state index contributed by atoms with van der Waals surface area (Å²) in [6, 6.07) is 0. The number of nitrogens with two attached hydrogens (primary N) is 1. The fourth-order valence-corrected chi connectivity index (χ4v) is 1.11. The van der Waals surface area contributed by atoms with Gasteiger partial charge in [0.15, 0.2) is 0 Å². The molecule has 0 heterocycles. The lowest BCUT2D eigenvalue weighted by Crippen LogP contribution is -2.31. The Morgan fingerprint density at radius 3 is 2.42 bits per heavy atom. The number of hydrogen-bond donors (Lipinski definition) is 2. The Hall–Kier alpha value is -0.220. The maximum Gasteiger partial charge on any atom is 0.250 e. The molecular formula is C8H18F2N2. The standard InChI is InChI=1S/C8H18F2N2/c1-2-3-7(4-11)5-12-6-8(9)10/h7-8,12H,2-6,11H2,1H3. The van der Waals surface area contributed by atoms with Crippen LogP contribution in [0.25, 0.3) is 0 Å². The number of hydrogen-bond acceptors (Lipinski definition) is 2. The second-order valence-electron chi connectivity index (χ2n) is 2.94. The summed E-state index contributed by atoms with van der Waals surface area (Å²) in [5.41, 5.74) is 5.45. The second kappa shape index (κ2) is 7.43. The molecule has 0 amide bonds. The minimum absolute atomic E-state index is 0.222. The number of rotatable bonds is 7. The van der Waals surface area contributed by atoms with Gasteiger partial charge in [-0.2, -0.15) is 0 Å². The van der Waals surface area contributed by atoms with Crippen LogP contribution in [-0.4, -0.2) is 26.1 Å². The molecular weight excluding hydrogens is 162 g/mol. The van der Waals surface area contributed by atoms with E-state index >= 15 is 0 Å². The van der Waals surface area contributed by atoms with Crippen molar-refractivity contribution < 1.29 is 8.78 Å². The van der Waals surface area contributed by atoms with Gasteiger partial charge in [0.2, 0.25) is 0 Å². The van der Waals surface area contributed by atoms with E-state index in [-0.39, 0.29) is 6.54 Å². The molecule has 12 heavy (non-hydrogen) atoms. The molecule has 0 rings (SSSR count). The molecule has 0 spiro atoms. The molecule has 0 saturated carbocycles. The maximum atomic E-state index is 11.7. The highest BCUT2D eigenvalue weighted by atomic mass is 19.3. The van der Waals surface area contributed by atoms with E-state index in [4.69, 9.17) is 5.73 Å². The zero-order chi connectivity index (χ0) is 9.40. The van der Waals surface area contributed by atoms with E-state index < -0.39 is 6.43 Å². The van der Waals surface area contributed by atoms with Crippen molar-refractivity contribution in [1.82, 2.24) is 5.32 Å². The summed E-state index contributed by atoms with van der Waals surface area (Å²) < 4.78 is 23.4. The number of alkyl halides is 2. The van der Waals surface area contributed by atoms with Crippen molar-refractivity contribution >= 4 is 0 Å². The molecule has 0 aromatic rings. The highest BCUT2D eigenvalue weighted by Crippen LogP contribution is 2.02. The highest BCUT2D eigenvalue weighted by Gasteiger charge is 2.06. The van der Waals surface area contributed by atoms with Gasteiger partial charge >= 0.3 is 0 Å². The third kappa shape index (κ3) is 6.49. The third-order valence-corrected chi connectivity index (χ3v) is 1.76. The molecule has 0 bridgehead atoms. The van der Waals surface area contributed by atoms with Crippen molar-refractivity contribution in [3.8, 4) is 0 Å². The van der Waals surface area contributed by atoms with Crippen molar-refractivity contribution in [3.05, 3.63) is 0 Å². The molecule has 0 aliphatic rings. The van der Waals surface area contributed by atoms with Gasteiger partial charge in [0.05, 0.1) is 6.54 Å². The van der Waals surface area contributed by atoms with Crippen molar-refractivity contribution in [2.24, 2.45) is 11.7 Å². The second-order valence-corrected chi connectivity index (χ2v) is 2.94. The monoisotopic (exact) mass is 180 g/mol. The Bertz CT molecular complexity index is 99.1. The van der Waals surface area contributed by atoms with Crippen LogP contribution in [0.3, 0.4) is 0 Å². The van der Waals surface area contributed by atoms with Gasteiger partial charge in [-0.05, 0) is 25.4 Å². The normalized spacial score (nSPS) is 13.8. The molecule has 0 aromatic heterocycles. The molecule has 0 aliphatic carbocycles. The smallest absolute Gasteiger partial charge is 0.250 e. The van der Waals surface area contributed by atoms with Crippen LogP contribution >= 0.6 is 0 Å². The van der Waals surface area contributed by atoms with Crippen LogP contribution in [-0.2, 0) is 0 Å². The van der Waals surface area contributed by atoms with Crippen LogP contribution in [0.4, 0.5) is 8.78 Å². The van der Waals surface area contributed by atoms with E-state index in [2.05, 4.69) is 12.2 Å². The van der Waals surface area contributed by atoms with E-state index in [0.29, 0.717) is 19.0 Å². The van der Waals surface area contributed by atoms with E-state index in [9.17, 15) is 8.78 Å². The molecule has 0 fully saturated rings. The first-order valence-electron chi connectivity index (χ1n) is 4.39. The minimum Gasteiger partial charge on any atom is -0.330 e. The predicted molar refractivity (Wildman–Crippen MR) is 46.3 cm³/mol. The lowest BCUT2D eigenvalue weighted by molar-refractivity contribution is 0.144. The number of halogens is 2. The van der Waals surface area contributed by atoms with Crippen LogP contribution in [0.2, 0.25) is 0 Å².